The number of anilines is 2. The van der Waals surface area contributed by atoms with Crippen LogP contribution < -0.4 is 10.2 Å². The maximum absolute atomic E-state index is 13.7. The number of carbonyl (C=O) groups is 1. The van der Waals surface area contributed by atoms with Crippen LogP contribution in [-0.2, 0) is 9.53 Å². The molecule has 9 nitrogen and oxygen atoms in total. The first-order valence-corrected chi connectivity index (χ1v) is 12.1. The minimum atomic E-state index is -2.82. The maximum atomic E-state index is 13.7. The van der Waals surface area contributed by atoms with Gasteiger partial charge in [0.1, 0.15) is 17.7 Å². The summed E-state index contributed by atoms with van der Waals surface area (Å²) in [6, 6.07) is 5.29. The number of fused-ring (bicyclic) bond motifs is 2. The van der Waals surface area contributed by atoms with Crippen molar-refractivity contribution in [3.63, 3.8) is 0 Å². The summed E-state index contributed by atoms with van der Waals surface area (Å²) < 4.78 is 48.1. The maximum Gasteiger partial charge on any atom is 0.281 e. The summed E-state index contributed by atoms with van der Waals surface area (Å²) in [5.41, 5.74) is 1.53. The number of hydrogen-bond acceptors (Lipinski definition) is 7. The Balaban J connectivity index is 1.39. The summed E-state index contributed by atoms with van der Waals surface area (Å²) in [6.45, 7) is 4.36. The molecule has 1 saturated heterocycles. The van der Waals surface area contributed by atoms with Crippen LogP contribution in [0.1, 0.15) is 31.9 Å². The topological polar surface area (TPSA) is 97.5 Å². The zero-order valence-electron chi connectivity index (χ0n) is 19.9. The average Bonchev–Trinajstić information content (AvgIpc) is 3.53. The van der Waals surface area contributed by atoms with Gasteiger partial charge in [-0.3, -0.25) is 9.78 Å². The number of nitrogens with one attached hydrogen (secondary N) is 1. The Bertz CT molecular complexity index is 1490. The van der Waals surface area contributed by atoms with Gasteiger partial charge in [0, 0.05) is 48.4 Å². The fraction of sp³-hybridized carbons (Fsp3) is 0.400. The van der Waals surface area contributed by atoms with Crippen molar-refractivity contribution in [2.75, 3.05) is 29.9 Å². The third-order valence-electron chi connectivity index (χ3n) is 6.68. The summed E-state index contributed by atoms with van der Waals surface area (Å²) in [7, 11) is 0. The minimum absolute atomic E-state index is 0.106. The van der Waals surface area contributed by atoms with Crippen molar-refractivity contribution < 1.29 is 22.7 Å². The summed E-state index contributed by atoms with van der Waals surface area (Å²) in [5.74, 6) is -0.778. The van der Waals surface area contributed by atoms with Crippen LogP contribution in [0, 0.1) is 5.92 Å². The molecule has 5 heterocycles. The molecule has 2 fully saturated rings. The summed E-state index contributed by atoms with van der Waals surface area (Å²) in [5, 5.41) is 7.66. The van der Waals surface area contributed by atoms with Gasteiger partial charge >= 0.3 is 0 Å². The zero-order valence-corrected chi connectivity index (χ0v) is 19.9. The van der Waals surface area contributed by atoms with Gasteiger partial charge in [0.2, 0.25) is 5.91 Å². The number of hydrogen-bond donors (Lipinski definition) is 1. The Morgan fingerprint density at radius 1 is 1.22 bits per heavy atom. The van der Waals surface area contributed by atoms with E-state index in [0.717, 1.165) is 25.2 Å². The summed E-state index contributed by atoms with van der Waals surface area (Å²) >= 11 is 0. The molecular formula is C25H24F3N7O2. The number of alkyl halides is 3. The van der Waals surface area contributed by atoms with Gasteiger partial charge in [0.25, 0.3) is 6.43 Å². The molecule has 0 radical (unpaired) electrons. The van der Waals surface area contributed by atoms with E-state index in [1.54, 1.807) is 4.52 Å². The Kier molecular flexibility index (Phi) is 5.90. The Labute approximate surface area is 209 Å². The fourth-order valence-electron chi connectivity index (χ4n) is 4.63. The van der Waals surface area contributed by atoms with Crippen LogP contribution in [0.4, 0.5) is 24.7 Å². The van der Waals surface area contributed by atoms with Crippen molar-refractivity contribution in [2.24, 2.45) is 5.92 Å². The van der Waals surface area contributed by atoms with E-state index in [9.17, 15) is 18.0 Å². The van der Waals surface area contributed by atoms with Crippen molar-refractivity contribution in [1.82, 2.24) is 24.6 Å². The lowest BCUT2D eigenvalue weighted by Crippen LogP contribution is -2.30. The highest BCUT2D eigenvalue weighted by molar-refractivity contribution is 6.00. The van der Waals surface area contributed by atoms with E-state index in [0.29, 0.717) is 23.2 Å². The van der Waals surface area contributed by atoms with E-state index in [4.69, 9.17) is 4.74 Å². The highest BCUT2D eigenvalue weighted by Gasteiger charge is 2.43. The molecule has 0 bridgehead atoms. The molecule has 4 aromatic rings. The van der Waals surface area contributed by atoms with Crippen molar-refractivity contribution >= 4 is 33.8 Å². The molecule has 37 heavy (non-hydrogen) atoms. The molecule has 1 N–H and O–H groups in total. The number of rotatable bonds is 5. The molecule has 1 amide bonds. The van der Waals surface area contributed by atoms with Gasteiger partial charge in [-0.2, -0.15) is 0 Å². The largest absolute Gasteiger partial charge is 0.377 e. The number of nitrogens with zero attached hydrogens (tertiary/aromatic N) is 6. The second-order valence-corrected chi connectivity index (χ2v) is 9.43. The van der Waals surface area contributed by atoms with Crippen molar-refractivity contribution in [1.29, 1.82) is 0 Å². The van der Waals surface area contributed by atoms with E-state index in [1.165, 1.54) is 18.5 Å². The highest BCUT2D eigenvalue weighted by atomic mass is 19.3. The van der Waals surface area contributed by atoms with Gasteiger partial charge < -0.3 is 15.0 Å². The van der Waals surface area contributed by atoms with E-state index in [2.05, 4.69) is 30.3 Å². The number of carbonyl (C=O) groups excluding carboxylic acids is 1. The van der Waals surface area contributed by atoms with Crippen LogP contribution in [0.15, 0.2) is 36.8 Å². The molecule has 12 heteroatoms. The molecule has 0 unspecified atom stereocenters. The second-order valence-electron chi connectivity index (χ2n) is 9.43. The number of pyridine rings is 3. The van der Waals surface area contributed by atoms with Crippen LogP contribution in [-0.4, -0.2) is 62.4 Å². The SMILES string of the molecule is C[C@H]1CN(c2ccc3nc(-c4cnc(C(F)F)c5cnc(NC(=O)[C@@H]6C[C@@H]6F)cc45)nn3c2)CCCO1. The molecule has 1 saturated carbocycles. The molecule has 0 aromatic carbocycles. The first-order valence-electron chi connectivity index (χ1n) is 12.1. The van der Waals surface area contributed by atoms with Crippen molar-refractivity contribution in [2.45, 2.75) is 38.5 Å². The Morgan fingerprint density at radius 3 is 2.84 bits per heavy atom. The Hall–Kier alpha value is -3.80. The van der Waals surface area contributed by atoms with Crippen molar-refractivity contribution in [3.8, 4) is 11.4 Å². The van der Waals surface area contributed by atoms with Gasteiger partial charge in [-0.15, -0.1) is 5.10 Å². The first kappa shape index (κ1) is 23.6. The third-order valence-corrected chi connectivity index (χ3v) is 6.68. The summed E-state index contributed by atoms with van der Waals surface area (Å²) in [6.07, 6.45) is 1.62. The number of aromatic nitrogens is 5. The monoisotopic (exact) mass is 511 g/mol. The van der Waals surface area contributed by atoms with E-state index in [-0.39, 0.29) is 29.6 Å². The van der Waals surface area contributed by atoms with E-state index in [1.807, 2.05) is 25.3 Å². The molecule has 3 atom stereocenters. The molecule has 4 aromatic heterocycles. The van der Waals surface area contributed by atoms with Crippen LogP contribution in [0.5, 0.6) is 0 Å². The van der Waals surface area contributed by atoms with Gasteiger partial charge in [-0.1, -0.05) is 0 Å². The lowest BCUT2D eigenvalue weighted by atomic mass is 10.1. The highest BCUT2D eigenvalue weighted by Crippen LogP contribution is 2.36. The van der Waals surface area contributed by atoms with E-state index < -0.39 is 30.1 Å². The minimum Gasteiger partial charge on any atom is -0.377 e. The van der Waals surface area contributed by atoms with Crippen LogP contribution in [0.2, 0.25) is 0 Å². The van der Waals surface area contributed by atoms with E-state index >= 15 is 0 Å². The Morgan fingerprint density at radius 2 is 2.05 bits per heavy atom. The predicted octanol–water partition coefficient (Wildman–Crippen LogP) is 4.19. The second kappa shape index (κ2) is 9.25. The number of ether oxygens (including phenoxy) is 1. The average molecular weight is 512 g/mol. The normalized spacial score (nSPS) is 22.0. The standard InChI is InChI=1S/C25H24F3N7O2/c1-13-11-34(5-2-6-37-13)14-3-4-21-32-24(33-35(21)12-14)18-10-30-22(23(27)28)17-9-29-20(8-15(17)18)31-25(36)16-7-19(16)26/h3-4,8-10,12-13,16,19,23H,2,5-7,11H2,1H3,(H,29,31,36)/t13-,16+,19-/m0/s1. The lowest BCUT2D eigenvalue weighted by Gasteiger charge is -2.24. The zero-order chi connectivity index (χ0) is 25.7. The van der Waals surface area contributed by atoms with Gasteiger partial charge in [0.05, 0.1) is 23.9 Å². The number of halogens is 3. The first-order chi connectivity index (χ1) is 17.9. The quantitative estimate of drug-likeness (QED) is 0.429. The van der Waals surface area contributed by atoms with Gasteiger partial charge in [0.15, 0.2) is 11.5 Å². The summed E-state index contributed by atoms with van der Waals surface area (Å²) in [4.78, 5) is 27.1. The molecule has 6 rings (SSSR count). The molecule has 192 valence electrons. The fourth-order valence-corrected chi connectivity index (χ4v) is 4.63. The predicted molar refractivity (Wildman–Crippen MR) is 130 cm³/mol. The van der Waals surface area contributed by atoms with Crippen LogP contribution in [0.3, 0.4) is 0 Å². The molecule has 0 spiro atoms. The van der Waals surface area contributed by atoms with Gasteiger partial charge in [-0.25, -0.2) is 27.7 Å². The molecule has 1 aliphatic carbocycles. The molecule has 1 aliphatic heterocycles. The molecular weight excluding hydrogens is 487 g/mol. The number of amides is 1. The van der Waals surface area contributed by atoms with Crippen LogP contribution >= 0.6 is 0 Å². The third kappa shape index (κ3) is 4.57. The lowest BCUT2D eigenvalue weighted by molar-refractivity contribution is -0.117. The van der Waals surface area contributed by atoms with Gasteiger partial charge in [-0.05, 0) is 38.0 Å². The van der Waals surface area contributed by atoms with Crippen LogP contribution in [0.25, 0.3) is 27.8 Å². The molecule has 2 aliphatic rings. The van der Waals surface area contributed by atoms with Crippen molar-refractivity contribution in [3.05, 3.63) is 42.5 Å². The smallest absolute Gasteiger partial charge is 0.281 e.